The molecule has 0 aliphatic rings. The molecule has 0 unspecified atom stereocenters. The van der Waals surface area contributed by atoms with Crippen molar-refractivity contribution >= 4 is 23.1 Å². The maximum atomic E-state index is 11.0. The Morgan fingerprint density at radius 2 is 2.00 bits per heavy atom. The number of benzene rings is 1. The number of carboxylic acid groups (broad SMARTS) is 1. The number of aromatic carboxylic acids is 1. The molecular weight excluding hydrogens is 296 g/mol. The predicted octanol–water partition coefficient (Wildman–Crippen LogP) is 3.77. The topological polar surface area (TPSA) is 99.5 Å². The molecule has 0 atom stereocenters. The van der Waals surface area contributed by atoms with Crippen LogP contribution in [-0.4, -0.2) is 25.6 Å². The molecule has 1 aromatic carbocycles. The lowest BCUT2D eigenvalue weighted by Gasteiger charge is -2.01. The van der Waals surface area contributed by atoms with E-state index in [0.29, 0.717) is 22.8 Å². The Balaban J connectivity index is 2.07. The summed E-state index contributed by atoms with van der Waals surface area (Å²) in [5.41, 5.74) is 2.45. The van der Waals surface area contributed by atoms with Crippen LogP contribution in [0.2, 0.25) is 0 Å². The van der Waals surface area contributed by atoms with Gasteiger partial charge in [-0.25, -0.2) is 9.78 Å². The van der Waals surface area contributed by atoms with E-state index in [1.165, 1.54) is 12.1 Å². The molecule has 0 radical (unpaired) electrons. The zero-order chi connectivity index (χ0) is 16.6. The second-order valence-corrected chi connectivity index (χ2v) is 5.11. The SMILES string of the molecule is Cc1ccc(C(=O)O)cc1N=Nc1c(C)nc2c(O)cccn12. The summed E-state index contributed by atoms with van der Waals surface area (Å²) in [4.78, 5) is 15.3. The number of azo groups is 1. The first kappa shape index (κ1) is 14.7. The summed E-state index contributed by atoms with van der Waals surface area (Å²) in [6.45, 7) is 3.59. The van der Waals surface area contributed by atoms with Gasteiger partial charge in [0.05, 0.1) is 16.9 Å². The molecule has 7 nitrogen and oxygen atoms in total. The number of fused-ring (bicyclic) bond motifs is 1. The first-order chi connectivity index (χ1) is 11.0. The van der Waals surface area contributed by atoms with E-state index in [2.05, 4.69) is 15.2 Å². The van der Waals surface area contributed by atoms with E-state index in [1.54, 1.807) is 35.7 Å². The van der Waals surface area contributed by atoms with Crippen molar-refractivity contribution in [3.8, 4) is 5.75 Å². The second-order valence-electron chi connectivity index (χ2n) is 5.11. The number of rotatable bonds is 3. The van der Waals surface area contributed by atoms with Gasteiger partial charge in [0, 0.05) is 6.20 Å². The number of aryl methyl sites for hydroxylation is 2. The van der Waals surface area contributed by atoms with Gasteiger partial charge in [0.1, 0.15) is 0 Å². The summed E-state index contributed by atoms with van der Waals surface area (Å²) in [5, 5.41) is 27.2. The Labute approximate surface area is 131 Å². The van der Waals surface area contributed by atoms with Crippen molar-refractivity contribution < 1.29 is 15.0 Å². The van der Waals surface area contributed by atoms with Gasteiger partial charge in [0.25, 0.3) is 0 Å². The fourth-order valence-electron chi connectivity index (χ4n) is 2.23. The molecule has 2 heterocycles. The Morgan fingerprint density at radius 1 is 1.22 bits per heavy atom. The van der Waals surface area contributed by atoms with Crippen LogP contribution in [-0.2, 0) is 0 Å². The molecule has 0 fully saturated rings. The molecule has 0 saturated carbocycles. The second kappa shape index (κ2) is 5.53. The number of hydrogen-bond donors (Lipinski definition) is 2. The molecule has 2 N–H and O–H groups in total. The van der Waals surface area contributed by atoms with E-state index in [9.17, 15) is 9.90 Å². The highest BCUT2D eigenvalue weighted by Crippen LogP contribution is 2.28. The van der Waals surface area contributed by atoms with Crippen molar-refractivity contribution in [3.05, 3.63) is 53.3 Å². The van der Waals surface area contributed by atoms with E-state index in [0.717, 1.165) is 5.56 Å². The molecule has 0 saturated heterocycles. The first-order valence-corrected chi connectivity index (χ1v) is 6.89. The summed E-state index contributed by atoms with van der Waals surface area (Å²) in [7, 11) is 0. The average molecular weight is 310 g/mol. The zero-order valence-electron chi connectivity index (χ0n) is 12.6. The standard InChI is InChI=1S/C16H14N4O3/c1-9-5-6-11(16(22)23)8-12(9)18-19-14-10(2)17-15-13(21)4-3-7-20(14)15/h3-8,21H,1-2H3,(H,22,23). The molecule has 2 aromatic heterocycles. The number of imidazole rings is 1. The van der Waals surface area contributed by atoms with Crippen LogP contribution in [0.1, 0.15) is 21.6 Å². The third-order valence-electron chi connectivity index (χ3n) is 3.48. The smallest absolute Gasteiger partial charge is 0.335 e. The van der Waals surface area contributed by atoms with Crippen molar-refractivity contribution in [2.24, 2.45) is 10.2 Å². The van der Waals surface area contributed by atoms with E-state index in [-0.39, 0.29) is 11.3 Å². The van der Waals surface area contributed by atoms with Gasteiger partial charge in [0.15, 0.2) is 17.2 Å². The molecule has 0 amide bonds. The fraction of sp³-hybridized carbons (Fsp3) is 0.125. The molecule has 116 valence electrons. The molecule has 0 bridgehead atoms. The molecule has 3 aromatic rings. The predicted molar refractivity (Wildman–Crippen MR) is 83.9 cm³/mol. The molecule has 0 spiro atoms. The highest BCUT2D eigenvalue weighted by Gasteiger charge is 2.11. The largest absolute Gasteiger partial charge is 0.504 e. The number of carbonyl (C=O) groups is 1. The minimum atomic E-state index is -1.02. The van der Waals surface area contributed by atoms with E-state index >= 15 is 0 Å². The highest BCUT2D eigenvalue weighted by atomic mass is 16.4. The van der Waals surface area contributed by atoms with Gasteiger partial charge in [-0.1, -0.05) is 6.07 Å². The van der Waals surface area contributed by atoms with Crippen molar-refractivity contribution in [1.29, 1.82) is 0 Å². The summed E-state index contributed by atoms with van der Waals surface area (Å²) in [6, 6.07) is 7.90. The van der Waals surface area contributed by atoms with Gasteiger partial charge < -0.3 is 10.2 Å². The quantitative estimate of drug-likeness (QED) is 0.719. The Hall–Kier alpha value is -3.22. The van der Waals surface area contributed by atoms with Crippen LogP contribution in [0.5, 0.6) is 5.75 Å². The van der Waals surface area contributed by atoms with Gasteiger partial charge in [-0.15, -0.1) is 10.2 Å². The van der Waals surface area contributed by atoms with Crippen LogP contribution in [0.4, 0.5) is 11.5 Å². The number of hydrogen-bond acceptors (Lipinski definition) is 5. The molecule has 3 rings (SSSR count). The summed E-state index contributed by atoms with van der Waals surface area (Å²) >= 11 is 0. The lowest BCUT2D eigenvalue weighted by Crippen LogP contribution is -1.95. The van der Waals surface area contributed by atoms with E-state index in [1.807, 2.05) is 6.92 Å². The van der Waals surface area contributed by atoms with Gasteiger partial charge in [-0.3, -0.25) is 4.40 Å². The van der Waals surface area contributed by atoms with Gasteiger partial charge >= 0.3 is 5.97 Å². The number of carboxylic acids is 1. The van der Waals surface area contributed by atoms with E-state index in [4.69, 9.17) is 5.11 Å². The van der Waals surface area contributed by atoms with Crippen LogP contribution >= 0.6 is 0 Å². The molecule has 23 heavy (non-hydrogen) atoms. The molecule has 0 aliphatic carbocycles. The van der Waals surface area contributed by atoms with Crippen molar-refractivity contribution in [2.75, 3.05) is 0 Å². The monoisotopic (exact) mass is 310 g/mol. The van der Waals surface area contributed by atoms with Gasteiger partial charge in [-0.2, -0.15) is 0 Å². The number of pyridine rings is 1. The highest BCUT2D eigenvalue weighted by molar-refractivity contribution is 5.88. The Bertz CT molecular complexity index is 944. The lowest BCUT2D eigenvalue weighted by atomic mass is 10.1. The number of aromatic hydroxyl groups is 1. The van der Waals surface area contributed by atoms with Crippen LogP contribution in [0.15, 0.2) is 46.8 Å². The summed E-state index contributed by atoms with van der Waals surface area (Å²) in [6.07, 6.45) is 1.73. The third kappa shape index (κ3) is 2.64. The normalized spacial score (nSPS) is 11.4. The van der Waals surface area contributed by atoms with E-state index < -0.39 is 5.97 Å². The minimum Gasteiger partial charge on any atom is -0.504 e. The lowest BCUT2D eigenvalue weighted by molar-refractivity contribution is 0.0697. The minimum absolute atomic E-state index is 0.0566. The Morgan fingerprint density at radius 3 is 2.74 bits per heavy atom. The summed E-state index contributed by atoms with van der Waals surface area (Å²) < 4.78 is 1.63. The fourth-order valence-corrected chi connectivity index (χ4v) is 2.23. The van der Waals surface area contributed by atoms with Crippen molar-refractivity contribution in [2.45, 2.75) is 13.8 Å². The average Bonchev–Trinajstić information content (AvgIpc) is 2.83. The van der Waals surface area contributed by atoms with Gasteiger partial charge in [0.2, 0.25) is 0 Å². The molecular formula is C16H14N4O3. The third-order valence-corrected chi connectivity index (χ3v) is 3.48. The van der Waals surface area contributed by atoms with Crippen molar-refractivity contribution in [1.82, 2.24) is 9.38 Å². The van der Waals surface area contributed by atoms with Gasteiger partial charge in [-0.05, 0) is 43.7 Å². The number of nitrogens with zero attached hydrogens (tertiary/aromatic N) is 4. The number of aromatic nitrogens is 2. The zero-order valence-corrected chi connectivity index (χ0v) is 12.6. The molecule has 7 heteroatoms. The van der Waals surface area contributed by atoms with Crippen LogP contribution in [0.3, 0.4) is 0 Å². The van der Waals surface area contributed by atoms with Crippen LogP contribution in [0, 0.1) is 13.8 Å². The maximum Gasteiger partial charge on any atom is 0.335 e. The first-order valence-electron chi connectivity index (χ1n) is 6.89. The molecule has 0 aliphatic heterocycles. The van der Waals surface area contributed by atoms with Crippen LogP contribution in [0.25, 0.3) is 5.65 Å². The summed E-state index contributed by atoms with van der Waals surface area (Å²) in [5.74, 6) is -0.477. The maximum absolute atomic E-state index is 11.0. The van der Waals surface area contributed by atoms with Crippen LogP contribution < -0.4 is 0 Å². The Kier molecular flexibility index (Phi) is 3.53. The van der Waals surface area contributed by atoms with Crippen molar-refractivity contribution in [3.63, 3.8) is 0 Å².